The molecule has 2 aliphatic rings. The predicted octanol–water partition coefficient (Wildman–Crippen LogP) is 4.83. The average Bonchev–Trinajstić information content (AvgIpc) is 2.84. The van der Waals surface area contributed by atoms with E-state index >= 15 is 0 Å². The van der Waals surface area contributed by atoms with Gasteiger partial charge in [0.25, 0.3) is 11.3 Å². The van der Waals surface area contributed by atoms with Crippen LogP contribution in [0.5, 0.6) is 0 Å². The fourth-order valence-corrected chi connectivity index (χ4v) is 5.95. The Labute approximate surface area is 198 Å². The van der Waals surface area contributed by atoms with Crippen molar-refractivity contribution in [3.8, 4) is 0 Å². The number of carbonyl (C=O) groups is 1. The number of amides is 1. The fraction of sp³-hybridized carbons (Fsp3) is 0.560. The van der Waals surface area contributed by atoms with Crippen molar-refractivity contribution in [3.05, 3.63) is 42.0 Å². The Morgan fingerprint density at radius 3 is 2.45 bits per heavy atom. The number of carbonyl (C=O) groups excluding carboxylic acids is 1. The summed E-state index contributed by atoms with van der Waals surface area (Å²) >= 11 is -2.16. The summed E-state index contributed by atoms with van der Waals surface area (Å²) in [7, 11) is 0. The Bertz CT molecular complexity index is 971. The molecule has 0 aromatic heterocycles. The molecule has 2 aromatic carbocycles. The van der Waals surface area contributed by atoms with Crippen LogP contribution in [0.4, 0.5) is 10.5 Å². The van der Waals surface area contributed by atoms with E-state index in [9.17, 15) is 13.6 Å². The van der Waals surface area contributed by atoms with Gasteiger partial charge in [-0.25, -0.2) is 9.00 Å². The van der Waals surface area contributed by atoms with Crippen LogP contribution in [0, 0.1) is 0 Å². The van der Waals surface area contributed by atoms with E-state index in [4.69, 9.17) is 4.74 Å². The summed E-state index contributed by atoms with van der Waals surface area (Å²) < 4.78 is 29.5. The third kappa shape index (κ3) is 5.67. The number of fused-ring (bicyclic) bond motifs is 1. The van der Waals surface area contributed by atoms with Gasteiger partial charge >= 0.3 is 6.09 Å². The second-order valence-corrected chi connectivity index (χ2v) is 9.83. The smallest absolute Gasteiger partial charge is 0.409 e. The van der Waals surface area contributed by atoms with Gasteiger partial charge in [-0.05, 0) is 49.6 Å². The van der Waals surface area contributed by atoms with Crippen molar-refractivity contribution in [2.24, 2.45) is 0 Å². The standard InChI is InChI=1S/C25H35N3O4S/c1-2-32-25(29)27-16-14-21(15-17-27)28(33(30)31)24-13-12-19(22-10-6-7-11-23(22)24)18-26-20-8-4-3-5-9-20/h6-7,10-13,20-21,26H,2-5,8-9,14-18H2,1H3,(H,30,31). The minimum absolute atomic E-state index is 0.129. The van der Waals surface area contributed by atoms with E-state index in [1.165, 1.54) is 37.7 Å². The molecule has 1 amide bonds. The molecule has 1 aliphatic heterocycles. The molecule has 4 rings (SSSR count). The minimum atomic E-state index is -2.16. The van der Waals surface area contributed by atoms with Crippen LogP contribution in [0.2, 0.25) is 0 Å². The monoisotopic (exact) mass is 473 g/mol. The van der Waals surface area contributed by atoms with E-state index in [1.54, 1.807) is 16.1 Å². The zero-order valence-electron chi connectivity index (χ0n) is 19.4. The number of hydrogen-bond acceptors (Lipinski definition) is 4. The zero-order chi connectivity index (χ0) is 23.2. The molecule has 7 nitrogen and oxygen atoms in total. The Kier molecular flexibility index (Phi) is 8.22. The SMILES string of the molecule is CCOC(=O)N1CCC(N(c2ccc(CNC3CCCCC3)c3ccccc23)S(=O)O)CC1. The van der Waals surface area contributed by atoms with Crippen molar-refractivity contribution in [2.75, 3.05) is 24.0 Å². The van der Waals surface area contributed by atoms with Crippen LogP contribution in [0.25, 0.3) is 10.8 Å². The molecule has 33 heavy (non-hydrogen) atoms. The van der Waals surface area contributed by atoms with Crippen molar-refractivity contribution in [1.29, 1.82) is 0 Å². The Hall–Kier alpha value is -2.16. The zero-order valence-corrected chi connectivity index (χ0v) is 20.2. The van der Waals surface area contributed by atoms with Gasteiger partial charge in [0.05, 0.1) is 12.3 Å². The van der Waals surface area contributed by atoms with Gasteiger partial charge in [-0.3, -0.25) is 8.86 Å². The van der Waals surface area contributed by atoms with Gasteiger partial charge in [-0.2, -0.15) is 0 Å². The summed E-state index contributed by atoms with van der Waals surface area (Å²) in [6, 6.07) is 12.6. The van der Waals surface area contributed by atoms with Crippen molar-refractivity contribution < 1.29 is 18.3 Å². The lowest BCUT2D eigenvalue weighted by Gasteiger charge is -2.37. The number of rotatable bonds is 7. The molecule has 0 spiro atoms. The molecular formula is C25H35N3O4S. The van der Waals surface area contributed by atoms with Gasteiger partial charge in [0.2, 0.25) is 0 Å². The first-order valence-corrected chi connectivity index (χ1v) is 13.2. The second-order valence-electron chi connectivity index (χ2n) is 8.98. The first kappa shape index (κ1) is 24.0. The van der Waals surface area contributed by atoms with Crippen LogP contribution in [-0.2, 0) is 22.5 Å². The van der Waals surface area contributed by atoms with Gasteiger partial charge < -0.3 is 15.0 Å². The van der Waals surface area contributed by atoms with E-state index in [0.29, 0.717) is 38.6 Å². The Morgan fingerprint density at radius 2 is 1.79 bits per heavy atom. The molecule has 1 saturated heterocycles. The minimum Gasteiger partial charge on any atom is -0.450 e. The molecule has 0 radical (unpaired) electrons. The normalized spacial score (nSPS) is 18.9. The molecule has 0 bridgehead atoms. The topological polar surface area (TPSA) is 82.1 Å². The maximum atomic E-state index is 12.5. The van der Waals surface area contributed by atoms with E-state index in [2.05, 4.69) is 17.4 Å². The molecule has 2 N–H and O–H groups in total. The van der Waals surface area contributed by atoms with Crippen LogP contribution in [0.15, 0.2) is 36.4 Å². The van der Waals surface area contributed by atoms with Crippen molar-refractivity contribution in [2.45, 2.75) is 70.5 Å². The Balaban J connectivity index is 1.54. The van der Waals surface area contributed by atoms with Crippen LogP contribution in [0.3, 0.4) is 0 Å². The molecule has 1 unspecified atom stereocenters. The molecule has 8 heteroatoms. The summed E-state index contributed by atoms with van der Waals surface area (Å²) in [5, 5.41) is 5.81. The summed E-state index contributed by atoms with van der Waals surface area (Å²) in [5.74, 6) is 0. The third-order valence-electron chi connectivity index (χ3n) is 6.91. The summed E-state index contributed by atoms with van der Waals surface area (Å²) in [5.41, 5.74) is 1.98. The lowest BCUT2D eigenvalue weighted by atomic mass is 9.95. The second kappa shape index (κ2) is 11.3. The highest BCUT2D eigenvalue weighted by atomic mass is 32.2. The third-order valence-corrected chi connectivity index (χ3v) is 7.74. The van der Waals surface area contributed by atoms with Crippen molar-refractivity contribution in [3.63, 3.8) is 0 Å². The first-order valence-electron chi connectivity index (χ1n) is 12.1. The van der Waals surface area contributed by atoms with Crippen molar-refractivity contribution in [1.82, 2.24) is 10.2 Å². The van der Waals surface area contributed by atoms with E-state index in [1.807, 2.05) is 24.3 Å². The fourth-order valence-electron chi connectivity index (χ4n) is 5.16. The van der Waals surface area contributed by atoms with Gasteiger partial charge in [0, 0.05) is 37.1 Å². The Morgan fingerprint density at radius 1 is 1.09 bits per heavy atom. The number of benzene rings is 2. The number of hydrogen-bond donors (Lipinski definition) is 2. The summed E-state index contributed by atoms with van der Waals surface area (Å²) in [4.78, 5) is 13.7. The van der Waals surface area contributed by atoms with Crippen LogP contribution in [0.1, 0.15) is 57.4 Å². The lowest BCUT2D eigenvalue weighted by Crippen LogP contribution is -2.47. The molecule has 1 heterocycles. The molecule has 2 fully saturated rings. The molecule has 2 aromatic rings. The molecule has 1 saturated carbocycles. The van der Waals surface area contributed by atoms with Crippen molar-refractivity contribution >= 4 is 33.8 Å². The predicted molar refractivity (Wildman–Crippen MR) is 133 cm³/mol. The molecule has 1 atom stereocenters. The quantitative estimate of drug-likeness (QED) is 0.563. The number of nitrogens with one attached hydrogen (secondary N) is 1. The van der Waals surface area contributed by atoms with E-state index in [0.717, 1.165) is 23.0 Å². The number of nitrogens with zero attached hydrogens (tertiary/aromatic N) is 2. The highest BCUT2D eigenvalue weighted by molar-refractivity contribution is 7.80. The maximum absolute atomic E-state index is 12.5. The van der Waals surface area contributed by atoms with E-state index in [-0.39, 0.29) is 12.1 Å². The average molecular weight is 474 g/mol. The van der Waals surface area contributed by atoms with Crippen LogP contribution >= 0.6 is 0 Å². The molecular weight excluding hydrogens is 438 g/mol. The number of piperidine rings is 1. The summed E-state index contributed by atoms with van der Waals surface area (Å²) in [6.45, 7) is 3.96. The van der Waals surface area contributed by atoms with Gasteiger partial charge in [-0.15, -0.1) is 0 Å². The molecule has 180 valence electrons. The van der Waals surface area contributed by atoms with E-state index < -0.39 is 11.3 Å². The number of anilines is 1. The van der Waals surface area contributed by atoms with Gasteiger partial charge in [-0.1, -0.05) is 49.6 Å². The number of likely N-dealkylation sites (tertiary alicyclic amines) is 1. The largest absolute Gasteiger partial charge is 0.450 e. The van der Waals surface area contributed by atoms with Gasteiger partial charge in [0.1, 0.15) is 0 Å². The lowest BCUT2D eigenvalue weighted by molar-refractivity contribution is 0.0976. The van der Waals surface area contributed by atoms with Crippen LogP contribution < -0.4 is 9.62 Å². The molecule has 1 aliphatic carbocycles. The number of ether oxygens (including phenoxy) is 1. The van der Waals surface area contributed by atoms with Crippen LogP contribution in [-0.4, -0.2) is 51.5 Å². The van der Waals surface area contributed by atoms with Gasteiger partial charge in [0.15, 0.2) is 0 Å². The maximum Gasteiger partial charge on any atom is 0.409 e. The highest BCUT2D eigenvalue weighted by Crippen LogP contribution is 2.34. The summed E-state index contributed by atoms with van der Waals surface area (Å²) in [6.07, 6.45) is 7.31. The first-order chi connectivity index (χ1) is 16.1. The highest BCUT2D eigenvalue weighted by Gasteiger charge is 2.31.